The number of sulfone groups is 1. The Kier molecular flexibility index (Phi) is 5.73. The van der Waals surface area contributed by atoms with Crippen molar-refractivity contribution in [1.29, 1.82) is 0 Å². The lowest BCUT2D eigenvalue weighted by molar-refractivity contribution is 0.251. The summed E-state index contributed by atoms with van der Waals surface area (Å²) >= 11 is 5.87. The van der Waals surface area contributed by atoms with Gasteiger partial charge < -0.3 is 10.6 Å². The summed E-state index contributed by atoms with van der Waals surface area (Å²) in [5.41, 5.74) is 1.35. The van der Waals surface area contributed by atoms with E-state index in [1.54, 1.807) is 30.6 Å². The first-order valence-corrected chi connectivity index (χ1v) is 9.86. The van der Waals surface area contributed by atoms with Crippen molar-refractivity contribution < 1.29 is 13.2 Å². The van der Waals surface area contributed by atoms with Gasteiger partial charge in [0.25, 0.3) is 0 Å². The fraction of sp³-hybridized carbons (Fsp3) is 0.0526. The van der Waals surface area contributed by atoms with E-state index in [0.717, 1.165) is 5.56 Å². The molecule has 138 valence electrons. The van der Waals surface area contributed by atoms with Crippen LogP contribution in [0.3, 0.4) is 0 Å². The normalized spacial score (nSPS) is 11.0. The number of urea groups is 1. The standard InChI is InChI=1S/C19H16ClN3O3S/c20-15-4-1-5-18(11-15)27(25,26)17-8-6-16(7-9-17)23-19(24)22-13-14-3-2-10-21-12-14/h1-12H,13H2,(H2,22,23,24). The maximum Gasteiger partial charge on any atom is 0.319 e. The molecule has 0 aliphatic carbocycles. The predicted octanol–water partition coefficient (Wildman–Crippen LogP) is 3.89. The molecule has 0 fully saturated rings. The maximum absolute atomic E-state index is 12.6. The molecule has 0 spiro atoms. The number of nitrogens with one attached hydrogen (secondary N) is 2. The predicted molar refractivity (Wildman–Crippen MR) is 103 cm³/mol. The fourth-order valence-corrected chi connectivity index (χ4v) is 3.91. The summed E-state index contributed by atoms with van der Waals surface area (Å²) in [7, 11) is -3.67. The number of hydrogen-bond donors (Lipinski definition) is 2. The molecule has 1 aromatic heterocycles. The lowest BCUT2D eigenvalue weighted by atomic mass is 10.3. The molecule has 0 saturated heterocycles. The topological polar surface area (TPSA) is 88.2 Å². The van der Waals surface area contributed by atoms with E-state index in [-0.39, 0.29) is 9.79 Å². The van der Waals surface area contributed by atoms with Crippen LogP contribution in [0.5, 0.6) is 0 Å². The zero-order valence-electron chi connectivity index (χ0n) is 14.1. The minimum atomic E-state index is -3.67. The third-order valence-electron chi connectivity index (χ3n) is 3.70. The number of carbonyl (C=O) groups is 1. The van der Waals surface area contributed by atoms with Crippen LogP contribution >= 0.6 is 11.6 Å². The number of aromatic nitrogens is 1. The van der Waals surface area contributed by atoms with Crippen LogP contribution in [0.15, 0.2) is 82.8 Å². The van der Waals surface area contributed by atoms with Gasteiger partial charge in [-0.25, -0.2) is 13.2 Å². The molecule has 0 radical (unpaired) electrons. The van der Waals surface area contributed by atoms with Crippen molar-refractivity contribution in [1.82, 2.24) is 10.3 Å². The summed E-state index contributed by atoms with van der Waals surface area (Å²) in [5.74, 6) is 0. The van der Waals surface area contributed by atoms with E-state index in [1.165, 1.54) is 36.4 Å². The number of nitrogens with zero attached hydrogens (tertiary/aromatic N) is 1. The van der Waals surface area contributed by atoms with Gasteiger partial charge in [0, 0.05) is 29.6 Å². The number of hydrogen-bond acceptors (Lipinski definition) is 4. The van der Waals surface area contributed by atoms with Crippen molar-refractivity contribution >= 4 is 33.2 Å². The molecule has 0 unspecified atom stereocenters. The first-order valence-electron chi connectivity index (χ1n) is 7.99. The van der Waals surface area contributed by atoms with Crippen molar-refractivity contribution in [2.45, 2.75) is 16.3 Å². The molecule has 0 saturated carbocycles. The van der Waals surface area contributed by atoms with Crippen LogP contribution < -0.4 is 10.6 Å². The van der Waals surface area contributed by atoms with Crippen LogP contribution in [-0.4, -0.2) is 19.4 Å². The average Bonchev–Trinajstić information content (AvgIpc) is 2.68. The summed E-state index contributed by atoms with van der Waals surface area (Å²) in [4.78, 5) is 16.2. The lowest BCUT2D eigenvalue weighted by Gasteiger charge is -2.09. The van der Waals surface area contributed by atoms with Crippen LogP contribution in [0.2, 0.25) is 5.02 Å². The van der Waals surface area contributed by atoms with E-state index in [0.29, 0.717) is 17.3 Å². The molecule has 3 rings (SSSR count). The highest BCUT2D eigenvalue weighted by Crippen LogP contribution is 2.24. The number of carbonyl (C=O) groups excluding carboxylic acids is 1. The second-order valence-electron chi connectivity index (χ2n) is 5.65. The molecule has 0 aliphatic rings. The molecule has 2 N–H and O–H groups in total. The molecular weight excluding hydrogens is 386 g/mol. The zero-order valence-corrected chi connectivity index (χ0v) is 15.7. The molecule has 6 nitrogen and oxygen atoms in total. The average molecular weight is 402 g/mol. The number of anilines is 1. The largest absolute Gasteiger partial charge is 0.334 e. The number of benzene rings is 2. The van der Waals surface area contributed by atoms with Gasteiger partial charge in [0.2, 0.25) is 9.84 Å². The van der Waals surface area contributed by atoms with Crippen LogP contribution in [0.1, 0.15) is 5.56 Å². The Hall–Kier alpha value is -2.90. The molecular formula is C19H16ClN3O3S. The molecule has 2 aromatic carbocycles. The van der Waals surface area contributed by atoms with E-state index in [2.05, 4.69) is 15.6 Å². The van der Waals surface area contributed by atoms with E-state index in [1.807, 2.05) is 6.07 Å². The van der Waals surface area contributed by atoms with E-state index in [9.17, 15) is 13.2 Å². The van der Waals surface area contributed by atoms with Gasteiger partial charge in [-0.3, -0.25) is 4.98 Å². The summed E-state index contributed by atoms with van der Waals surface area (Å²) in [5, 5.41) is 5.70. The monoisotopic (exact) mass is 401 g/mol. The minimum absolute atomic E-state index is 0.116. The van der Waals surface area contributed by atoms with Gasteiger partial charge in [-0.05, 0) is 54.1 Å². The lowest BCUT2D eigenvalue weighted by Crippen LogP contribution is -2.28. The first kappa shape index (κ1) is 18.9. The zero-order chi connectivity index (χ0) is 19.3. The molecule has 1 heterocycles. The maximum atomic E-state index is 12.6. The summed E-state index contributed by atoms with van der Waals surface area (Å²) in [6.45, 7) is 0.334. The second kappa shape index (κ2) is 8.20. The minimum Gasteiger partial charge on any atom is -0.334 e. The Balaban J connectivity index is 1.65. The molecule has 3 aromatic rings. The molecule has 8 heteroatoms. The van der Waals surface area contributed by atoms with Gasteiger partial charge in [-0.1, -0.05) is 23.7 Å². The number of pyridine rings is 1. The Morgan fingerprint density at radius 1 is 1.00 bits per heavy atom. The molecule has 27 heavy (non-hydrogen) atoms. The summed E-state index contributed by atoms with van der Waals surface area (Å²) in [6, 6.07) is 15.2. The smallest absolute Gasteiger partial charge is 0.319 e. The van der Waals surface area contributed by atoms with E-state index >= 15 is 0 Å². The Bertz CT molecular complexity index is 1040. The van der Waals surface area contributed by atoms with Crippen molar-refractivity contribution in [3.8, 4) is 0 Å². The van der Waals surface area contributed by atoms with E-state index in [4.69, 9.17) is 11.6 Å². The number of amides is 2. The van der Waals surface area contributed by atoms with Crippen LogP contribution in [0.25, 0.3) is 0 Å². The Morgan fingerprint density at radius 2 is 1.78 bits per heavy atom. The molecule has 2 amide bonds. The first-order chi connectivity index (χ1) is 12.9. The summed E-state index contributed by atoms with van der Waals surface area (Å²) in [6.07, 6.45) is 3.32. The molecule has 0 atom stereocenters. The molecule has 0 bridgehead atoms. The van der Waals surface area contributed by atoms with Gasteiger partial charge in [0.1, 0.15) is 0 Å². The molecule has 0 aliphatic heterocycles. The van der Waals surface area contributed by atoms with Crippen molar-refractivity contribution in [2.24, 2.45) is 0 Å². The number of rotatable bonds is 5. The SMILES string of the molecule is O=C(NCc1cccnc1)Nc1ccc(S(=O)(=O)c2cccc(Cl)c2)cc1. The third kappa shape index (κ3) is 4.84. The Labute approximate surface area is 162 Å². The highest BCUT2D eigenvalue weighted by atomic mass is 35.5. The highest BCUT2D eigenvalue weighted by Gasteiger charge is 2.17. The Morgan fingerprint density at radius 3 is 2.44 bits per heavy atom. The van der Waals surface area contributed by atoms with Gasteiger partial charge in [-0.15, -0.1) is 0 Å². The van der Waals surface area contributed by atoms with Crippen molar-refractivity contribution in [2.75, 3.05) is 5.32 Å². The van der Waals surface area contributed by atoms with Gasteiger partial charge >= 0.3 is 6.03 Å². The van der Waals surface area contributed by atoms with Crippen LogP contribution in [-0.2, 0) is 16.4 Å². The van der Waals surface area contributed by atoms with Gasteiger partial charge in [0.05, 0.1) is 9.79 Å². The van der Waals surface area contributed by atoms with Crippen molar-refractivity contribution in [3.05, 3.63) is 83.6 Å². The second-order valence-corrected chi connectivity index (χ2v) is 8.04. The van der Waals surface area contributed by atoms with Crippen LogP contribution in [0, 0.1) is 0 Å². The quantitative estimate of drug-likeness (QED) is 0.678. The van der Waals surface area contributed by atoms with Crippen LogP contribution in [0.4, 0.5) is 10.5 Å². The third-order valence-corrected chi connectivity index (χ3v) is 5.71. The summed E-state index contributed by atoms with van der Waals surface area (Å²) < 4.78 is 25.2. The fourth-order valence-electron chi connectivity index (χ4n) is 2.35. The van der Waals surface area contributed by atoms with Gasteiger partial charge in [0.15, 0.2) is 0 Å². The van der Waals surface area contributed by atoms with Gasteiger partial charge in [-0.2, -0.15) is 0 Å². The number of halogens is 1. The van der Waals surface area contributed by atoms with E-state index < -0.39 is 15.9 Å². The van der Waals surface area contributed by atoms with Crippen molar-refractivity contribution in [3.63, 3.8) is 0 Å². The highest BCUT2D eigenvalue weighted by molar-refractivity contribution is 7.91.